The molecule has 9 aliphatic rings. The molecular weight excluding hydrogens is 1300 g/mol. The summed E-state index contributed by atoms with van der Waals surface area (Å²) < 4.78 is 48.5. The van der Waals surface area contributed by atoms with Crippen LogP contribution in [0.25, 0.3) is 0 Å². The van der Waals surface area contributed by atoms with E-state index in [2.05, 4.69) is 51.3 Å². The molecule has 16 N–H and O–H groups in total. The highest BCUT2D eigenvalue weighted by Gasteiger charge is 2.72. The molecule has 4 saturated heterocycles. The molecule has 18 unspecified atom stereocenters. The van der Waals surface area contributed by atoms with Gasteiger partial charge in [0.2, 0.25) is 18.1 Å². The van der Waals surface area contributed by atoms with Gasteiger partial charge in [-0.15, -0.1) is 0 Å². The number of aliphatic hydroxyl groups is 14. The number of allylic oxidation sites excluding steroid dienone is 2. The molecule has 4 heterocycles. The second kappa shape index (κ2) is 31.6. The molecule has 2 amide bonds. The number of hydrogen-bond acceptors (Lipinski definition) is 26. The zero-order chi connectivity index (χ0) is 73.0. The molecule has 28 heteroatoms. The number of hydrogen-bond donors (Lipinski definition) is 16. The number of rotatable bonds is 26. The first-order valence-corrected chi connectivity index (χ1v) is 36.3. The predicted molar refractivity (Wildman–Crippen MR) is 349 cm³/mol. The number of fused-ring (bicyclic) bond motifs is 7. The number of carbonyl (C=O) groups excluding carboxylic acids is 4. The van der Waals surface area contributed by atoms with Crippen LogP contribution in [0.3, 0.4) is 0 Å². The molecule has 4 aliphatic heterocycles. The lowest BCUT2D eigenvalue weighted by molar-refractivity contribution is -0.370. The normalized spacial score (nSPS) is 46.1. The molecule has 0 spiro atoms. The quantitative estimate of drug-likeness (QED) is 0.0308. The Kier molecular flexibility index (Phi) is 25.5. The van der Waals surface area contributed by atoms with Crippen molar-refractivity contribution in [3.63, 3.8) is 0 Å². The Balaban J connectivity index is 0.941. The van der Waals surface area contributed by atoms with E-state index in [0.29, 0.717) is 57.8 Å². The Bertz CT molecular complexity index is 2790. The van der Waals surface area contributed by atoms with Crippen LogP contribution in [0.2, 0.25) is 0 Å². The molecule has 0 aromatic carbocycles. The van der Waals surface area contributed by atoms with E-state index in [1.807, 2.05) is 34.6 Å². The Morgan fingerprint density at radius 3 is 1.95 bits per heavy atom. The number of ether oxygens (including phenoxy) is 8. The van der Waals surface area contributed by atoms with Crippen LogP contribution in [0.5, 0.6) is 0 Å². The maximum atomic E-state index is 15.9. The first kappa shape index (κ1) is 80.1. The van der Waals surface area contributed by atoms with Crippen LogP contribution in [0.4, 0.5) is 0 Å². The van der Waals surface area contributed by atoms with E-state index >= 15 is 4.79 Å². The molecule has 34 atom stereocenters. The van der Waals surface area contributed by atoms with Crippen molar-refractivity contribution < 1.29 is 129 Å². The van der Waals surface area contributed by atoms with Crippen molar-refractivity contribution in [3.05, 3.63) is 11.6 Å². The summed E-state index contributed by atoms with van der Waals surface area (Å²) in [6.45, 7) is 19.3. The largest absolute Gasteiger partial charge is 0.432 e. The van der Waals surface area contributed by atoms with E-state index in [1.165, 1.54) is 6.92 Å². The molecular formula is C71H118N2O26. The number of aliphatic hydroxyl groups excluding tert-OH is 14. The summed E-state index contributed by atoms with van der Waals surface area (Å²) in [7, 11) is 0. The van der Waals surface area contributed by atoms with Gasteiger partial charge in [-0.3, -0.25) is 14.4 Å². The van der Waals surface area contributed by atoms with Gasteiger partial charge in [0.05, 0.1) is 99.4 Å². The van der Waals surface area contributed by atoms with Crippen LogP contribution in [0.1, 0.15) is 172 Å². The predicted octanol–water partition coefficient (Wildman–Crippen LogP) is 0.0119. The van der Waals surface area contributed by atoms with E-state index in [0.717, 1.165) is 11.9 Å². The van der Waals surface area contributed by atoms with E-state index in [4.69, 9.17) is 37.9 Å². The summed E-state index contributed by atoms with van der Waals surface area (Å²) in [5.41, 5.74) is -3.33. The molecule has 99 heavy (non-hydrogen) atoms. The van der Waals surface area contributed by atoms with Gasteiger partial charge in [-0.05, 0) is 122 Å². The van der Waals surface area contributed by atoms with Gasteiger partial charge in [-0.2, -0.15) is 0 Å². The maximum absolute atomic E-state index is 15.9. The Morgan fingerprint density at radius 2 is 1.30 bits per heavy atom. The monoisotopic (exact) mass is 1410 g/mol. The smallest absolute Gasteiger partial charge is 0.317 e. The summed E-state index contributed by atoms with van der Waals surface area (Å²) in [5.74, 6) is -4.30. The first-order chi connectivity index (χ1) is 46.5. The zero-order valence-corrected chi connectivity index (χ0v) is 59.5. The Labute approximate surface area is 580 Å². The van der Waals surface area contributed by atoms with Gasteiger partial charge >= 0.3 is 5.97 Å². The summed E-state index contributed by atoms with van der Waals surface area (Å²) in [5, 5.41) is 162. The molecule has 0 radical (unpaired) electrons. The third-order valence-corrected chi connectivity index (χ3v) is 26.2. The van der Waals surface area contributed by atoms with Gasteiger partial charge in [-0.1, -0.05) is 93.7 Å². The van der Waals surface area contributed by atoms with Gasteiger partial charge in [0.15, 0.2) is 25.0 Å². The van der Waals surface area contributed by atoms with Crippen molar-refractivity contribution in [3.8, 4) is 0 Å². The van der Waals surface area contributed by atoms with Crippen molar-refractivity contribution in [2.45, 2.75) is 313 Å². The van der Waals surface area contributed by atoms with Crippen LogP contribution in [0.15, 0.2) is 11.6 Å². The van der Waals surface area contributed by atoms with E-state index in [9.17, 15) is 85.9 Å². The minimum absolute atomic E-state index is 0.0367. The number of carbonyl (C=O) groups is 4. The molecule has 0 bridgehead atoms. The van der Waals surface area contributed by atoms with Gasteiger partial charge in [0.25, 0.3) is 0 Å². The van der Waals surface area contributed by atoms with Crippen molar-refractivity contribution in [1.29, 1.82) is 0 Å². The summed E-state index contributed by atoms with van der Waals surface area (Å²) in [4.78, 5) is 56.8. The third kappa shape index (κ3) is 15.3. The summed E-state index contributed by atoms with van der Waals surface area (Å²) in [6, 6.07) is -2.36. The van der Waals surface area contributed by atoms with Crippen molar-refractivity contribution >= 4 is 24.1 Å². The second-order valence-corrected chi connectivity index (χ2v) is 32.7. The minimum Gasteiger partial charge on any atom is -0.432 e. The first-order valence-electron chi connectivity index (χ1n) is 36.3. The zero-order valence-electron chi connectivity index (χ0n) is 59.5. The van der Waals surface area contributed by atoms with Crippen LogP contribution < -0.4 is 10.6 Å². The fourth-order valence-corrected chi connectivity index (χ4v) is 19.3. The minimum atomic E-state index is -2.05. The highest BCUT2D eigenvalue weighted by Crippen LogP contribution is 2.76. The molecule has 0 aromatic rings. The Hall–Kier alpha value is -3.02. The van der Waals surface area contributed by atoms with E-state index in [-0.39, 0.29) is 66.6 Å². The fraction of sp³-hybridized carbons (Fsp3) is 0.915. The van der Waals surface area contributed by atoms with Crippen LogP contribution in [-0.4, -0.2) is 263 Å². The van der Waals surface area contributed by atoms with Crippen molar-refractivity contribution in [2.24, 2.45) is 68.0 Å². The SMILES string of the molecule is CC[C@H](C)[C@H](C[C@H](O)CC(=O)N[C@H]1C(CO)O[C@@H](OC(=O)[C@]23CCC(C)(C)CC2C2=CCC4C5(C)CC[C@H](O)C(C)(C=O)C5CCC4(C)C2(C)CC3O)C(O[C@@H]2OC(C)[C@H](O[C@@H]3OC[C@@H](O)C(O)C3O)C(O)C2O)C1O)NC(=O)C[C@@H](O)C[C@H](O[C@@H]1O[C@@H](CO)C(O)C1CO)[C@@H](C)CC. The van der Waals surface area contributed by atoms with Crippen LogP contribution >= 0.6 is 0 Å². The van der Waals surface area contributed by atoms with Crippen molar-refractivity contribution in [1.82, 2.24) is 10.6 Å². The van der Waals surface area contributed by atoms with E-state index in [1.54, 1.807) is 0 Å². The van der Waals surface area contributed by atoms with Crippen molar-refractivity contribution in [2.75, 3.05) is 26.4 Å². The highest BCUT2D eigenvalue weighted by atomic mass is 16.8. The molecule has 0 aromatic heterocycles. The molecule has 28 nitrogen and oxygen atoms in total. The average molecular weight is 1420 g/mol. The van der Waals surface area contributed by atoms with Gasteiger partial charge < -0.3 is 125 Å². The molecule has 5 aliphatic carbocycles. The fourth-order valence-electron chi connectivity index (χ4n) is 19.3. The lowest BCUT2D eigenvalue weighted by atomic mass is 9.33. The molecule has 9 rings (SSSR count). The number of esters is 1. The van der Waals surface area contributed by atoms with Crippen LogP contribution in [-0.2, 0) is 57.1 Å². The standard InChI is InChI=1S/C71H118N2O26/c1-12-33(3)41(72-50(83)25-37(79)23-43(34(4)13-2)94-61-38(28-74)53(85)45(30-76)96-61)22-36(78)24-51(84)73-52-44(29-75)95-64(60(55(52)87)98-63-58(90)56(88)59(35(5)93-63)97-62-57(89)54(86)42(80)31-92-62)99-65(91)71-21-20-66(6,7)26-40(71)39-14-15-47-67(8)18-17-48(81)68(9,32-77)46(67)16-19-69(47,10)70(39,11)27-49(71)82/h14,32-38,40-49,52-64,74-76,78-82,85-90H,12-13,15-31H2,1-11H3,(H,72,83)(H,73,84)/t33-,34-,35?,36-,37-,38?,40?,41-,42+,43-,44?,45-,46?,47?,48-,49?,52-,53?,54?,55?,56?,57?,58?,59-,60?,61+,62-,63-,64-,67?,68?,69?,70?,71+/m0/s1. The maximum Gasteiger partial charge on any atom is 0.317 e. The molecule has 568 valence electrons. The summed E-state index contributed by atoms with van der Waals surface area (Å²) >= 11 is 0. The second-order valence-electron chi connectivity index (χ2n) is 32.7. The molecule has 4 saturated carbocycles. The number of nitrogens with one attached hydrogen (secondary N) is 2. The average Bonchev–Trinajstić information content (AvgIpc) is 0.977. The van der Waals surface area contributed by atoms with Crippen LogP contribution in [0, 0.1) is 68.0 Å². The third-order valence-electron chi connectivity index (χ3n) is 26.2. The van der Waals surface area contributed by atoms with Gasteiger partial charge in [0, 0.05) is 12.5 Å². The van der Waals surface area contributed by atoms with E-state index < -0.39 is 225 Å². The number of amides is 2. The Morgan fingerprint density at radius 1 is 0.667 bits per heavy atom. The lowest BCUT2D eigenvalue weighted by Gasteiger charge is -2.71. The molecule has 8 fully saturated rings. The number of aldehydes is 1. The summed E-state index contributed by atoms with van der Waals surface area (Å²) in [6.07, 6.45) is -23.9. The van der Waals surface area contributed by atoms with Gasteiger partial charge in [0.1, 0.15) is 66.6 Å². The topological polar surface area (TPSA) is 449 Å². The highest BCUT2D eigenvalue weighted by molar-refractivity contribution is 5.80. The van der Waals surface area contributed by atoms with Gasteiger partial charge in [-0.25, -0.2) is 0 Å². The lowest BCUT2D eigenvalue weighted by Crippen LogP contribution is -2.69.